The maximum atomic E-state index is 4.76. The molecule has 2 nitrogen and oxygen atoms in total. The quantitative estimate of drug-likeness (QED) is 0.580. The number of para-hydroxylation sites is 2. The molecule has 0 atom stereocenters. The van der Waals surface area contributed by atoms with Crippen molar-refractivity contribution in [3.05, 3.63) is 71.5 Å². The highest BCUT2D eigenvalue weighted by Crippen LogP contribution is 2.25. The molecule has 2 aromatic carbocycles. The summed E-state index contributed by atoms with van der Waals surface area (Å²) >= 11 is 5.26. The van der Waals surface area contributed by atoms with E-state index < -0.39 is 0 Å². The summed E-state index contributed by atoms with van der Waals surface area (Å²) in [5.41, 5.74) is 2.19. The molecule has 0 amide bonds. The Balaban J connectivity index is 1.91. The summed E-state index contributed by atoms with van der Waals surface area (Å²) < 4.78 is 3.18. The molecular formula is C17H15BrN2S. The fourth-order valence-electron chi connectivity index (χ4n) is 2.25. The second-order valence-electron chi connectivity index (χ2n) is 4.72. The lowest BCUT2D eigenvalue weighted by atomic mass is 10.3. The minimum absolute atomic E-state index is 0.741. The molecule has 1 heterocycles. The molecule has 0 N–H and O–H groups in total. The molecule has 21 heavy (non-hydrogen) atoms. The summed E-state index contributed by atoms with van der Waals surface area (Å²) in [6.45, 7) is 4.70. The number of nitrogens with zero attached hydrogens (tertiary/aromatic N) is 2. The molecule has 3 aromatic rings. The minimum Gasteiger partial charge on any atom is -0.322 e. The summed E-state index contributed by atoms with van der Waals surface area (Å²) in [4.78, 5) is 6.02. The monoisotopic (exact) mass is 358 g/mol. The molecule has 0 aliphatic carbocycles. The molecule has 1 aromatic heterocycles. The highest BCUT2D eigenvalue weighted by Gasteiger charge is 2.11. The second-order valence-corrected chi connectivity index (χ2v) is 6.89. The Labute approximate surface area is 137 Å². The molecule has 3 rings (SSSR count). The Hall–Kier alpha value is -1.52. The van der Waals surface area contributed by atoms with Gasteiger partial charge in [-0.3, -0.25) is 0 Å². The smallest absolute Gasteiger partial charge is 0.120 e. The lowest BCUT2D eigenvalue weighted by Crippen LogP contribution is -2.02. The zero-order valence-electron chi connectivity index (χ0n) is 11.5. The molecule has 0 spiro atoms. The van der Waals surface area contributed by atoms with Crippen molar-refractivity contribution in [2.75, 3.05) is 0 Å². The highest BCUT2D eigenvalue weighted by molar-refractivity contribution is 9.11. The SMILES string of the molecule is C=C(Br)Cn1c(CSc2ccccc2)nc2ccccc21. The topological polar surface area (TPSA) is 17.8 Å². The van der Waals surface area contributed by atoms with Crippen LogP contribution >= 0.6 is 27.7 Å². The number of fused-ring (bicyclic) bond motifs is 1. The number of imidazole rings is 1. The fraction of sp³-hybridized carbons (Fsp3) is 0.118. The van der Waals surface area contributed by atoms with E-state index in [1.807, 2.05) is 18.2 Å². The predicted octanol–water partition coefficient (Wildman–Crippen LogP) is 5.24. The van der Waals surface area contributed by atoms with Gasteiger partial charge in [0.1, 0.15) is 5.82 Å². The number of allylic oxidation sites excluding steroid dienone is 1. The molecule has 0 fully saturated rings. The van der Waals surface area contributed by atoms with Crippen molar-refractivity contribution >= 4 is 38.7 Å². The number of hydrogen-bond donors (Lipinski definition) is 0. The summed E-state index contributed by atoms with van der Waals surface area (Å²) in [5.74, 6) is 1.92. The predicted molar refractivity (Wildman–Crippen MR) is 93.8 cm³/mol. The third-order valence-electron chi connectivity index (χ3n) is 3.17. The molecule has 0 radical (unpaired) electrons. The number of hydrogen-bond acceptors (Lipinski definition) is 2. The van der Waals surface area contributed by atoms with Gasteiger partial charge in [-0.15, -0.1) is 11.8 Å². The molecule has 106 valence electrons. The van der Waals surface area contributed by atoms with Crippen molar-refractivity contribution in [3.63, 3.8) is 0 Å². The third-order valence-corrected chi connectivity index (χ3v) is 4.43. The minimum atomic E-state index is 0.741. The van der Waals surface area contributed by atoms with Gasteiger partial charge in [0.15, 0.2) is 0 Å². The van der Waals surface area contributed by atoms with Gasteiger partial charge in [-0.2, -0.15) is 0 Å². The fourth-order valence-corrected chi connectivity index (χ4v) is 3.36. The van der Waals surface area contributed by atoms with E-state index in [0.29, 0.717) is 0 Å². The first kappa shape index (κ1) is 14.4. The van der Waals surface area contributed by atoms with E-state index in [-0.39, 0.29) is 0 Å². The largest absolute Gasteiger partial charge is 0.322 e. The highest BCUT2D eigenvalue weighted by atomic mass is 79.9. The van der Waals surface area contributed by atoms with Crippen LogP contribution in [0.2, 0.25) is 0 Å². The van der Waals surface area contributed by atoms with Crippen LogP contribution in [-0.2, 0) is 12.3 Å². The van der Waals surface area contributed by atoms with Crippen LogP contribution in [0.1, 0.15) is 5.82 Å². The lowest BCUT2D eigenvalue weighted by Gasteiger charge is -2.08. The van der Waals surface area contributed by atoms with Crippen molar-refractivity contribution < 1.29 is 0 Å². The van der Waals surface area contributed by atoms with Gasteiger partial charge in [0.25, 0.3) is 0 Å². The van der Waals surface area contributed by atoms with E-state index in [2.05, 4.69) is 63.5 Å². The molecule has 0 aliphatic rings. The maximum absolute atomic E-state index is 4.76. The van der Waals surface area contributed by atoms with Crippen LogP contribution in [0.25, 0.3) is 11.0 Å². The summed E-state index contributed by atoms with van der Waals surface area (Å²) in [6.07, 6.45) is 0. The van der Waals surface area contributed by atoms with E-state index in [1.165, 1.54) is 4.90 Å². The Morgan fingerprint density at radius 1 is 1.10 bits per heavy atom. The van der Waals surface area contributed by atoms with Crippen LogP contribution in [0.4, 0.5) is 0 Å². The maximum Gasteiger partial charge on any atom is 0.120 e. The van der Waals surface area contributed by atoms with Crippen LogP contribution in [-0.4, -0.2) is 9.55 Å². The number of thioether (sulfide) groups is 1. The van der Waals surface area contributed by atoms with E-state index in [1.54, 1.807) is 11.8 Å². The van der Waals surface area contributed by atoms with Crippen LogP contribution < -0.4 is 0 Å². The summed E-state index contributed by atoms with van der Waals surface area (Å²) in [6, 6.07) is 18.6. The molecule has 0 saturated heterocycles. The Bertz CT molecular complexity index is 765. The Kier molecular flexibility index (Phi) is 4.46. The normalized spacial score (nSPS) is 10.9. The van der Waals surface area contributed by atoms with Crippen LogP contribution in [0.5, 0.6) is 0 Å². The van der Waals surface area contributed by atoms with Gasteiger partial charge in [0.2, 0.25) is 0 Å². The van der Waals surface area contributed by atoms with Crippen molar-refractivity contribution in [2.24, 2.45) is 0 Å². The van der Waals surface area contributed by atoms with Gasteiger partial charge in [-0.25, -0.2) is 4.98 Å². The number of halogens is 1. The first-order chi connectivity index (χ1) is 10.2. The second kappa shape index (κ2) is 6.50. The van der Waals surface area contributed by atoms with Gasteiger partial charge in [0, 0.05) is 9.38 Å². The third kappa shape index (κ3) is 3.39. The van der Waals surface area contributed by atoms with Crippen molar-refractivity contribution in [1.29, 1.82) is 0 Å². The van der Waals surface area contributed by atoms with E-state index >= 15 is 0 Å². The zero-order chi connectivity index (χ0) is 14.7. The van der Waals surface area contributed by atoms with Gasteiger partial charge >= 0.3 is 0 Å². The molecule has 0 bridgehead atoms. The molecule has 4 heteroatoms. The van der Waals surface area contributed by atoms with Crippen LogP contribution in [0.15, 0.2) is 70.6 Å². The number of aromatic nitrogens is 2. The van der Waals surface area contributed by atoms with Gasteiger partial charge < -0.3 is 4.57 Å². The van der Waals surface area contributed by atoms with Crippen LogP contribution in [0, 0.1) is 0 Å². The van der Waals surface area contributed by atoms with Gasteiger partial charge in [0.05, 0.1) is 23.3 Å². The lowest BCUT2D eigenvalue weighted by molar-refractivity contribution is 0.795. The van der Waals surface area contributed by atoms with Gasteiger partial charge in [-0.1, -0.05) is 52.8 Å². The standard InChI is InChI=1S/C17H15BrN2S/c1-13(18)11-20-16-10-6-5-9-15(16)19-17(20)12-21-14-7-3-2-4-8-14/h2-10H,1,11-12H2. The van der Waals surface area contributed by atoms with E-state index in [4.69, 9.17) is 4.98 Å². The molecule has 0 saturated carbocycles. The van der Waals surface area contributed by atoms with Crippen LogP contribution in [0.3, 0.4) is 0 Å². The van der Waals surface area contributed by atoms with E-state index in [0.717, 1.165) is 33.6 Å². The summed E-state index contributed by atoms with van der Waals surface area (Å²) in [7, 11) is 0. The van der Waals surface area contributed by atoms with Gasteiger partial charge in [-0.05, 0) is 24.3 Å². The van der Waals surface area contributed by atoms with Crippen molar-refractivity contribution in [2.45, 2.75) is 17.2 Å². The Morgan fingerprint density at radius 2 is 1.81 bits per heavy atom. The average molecular weight is 359 g/mol. The summed E-state index contributed by atoms with van der Waals surface area (Å²) in [5, 5.41) is 0. The van der Waals surface area contributed by atoms with Crippen molar-refractivity contribution in [3.8, 4) is 0 Å². The first-order valence-electron chi connectivity index (χ1n) is 6.69. The average Bonchev–Trinajstić information content (AvgIpc) is 2.84. The van der Waals surface area contributed by atoms with Crippen molar-refractivity contribution in [1.82, 2.24) is 9.55 Å². The first-order valence-corrected chi connectivity index (χ1v) is 8.47. The zero-order valence-corrected chi connectivity index (χ0v) is 13.9. The molecule has 0 unspecified atom stereocenters. The molecular weight excluding hydrogens is 344 g/mol. The van der Waals surface area contributed by atoms with E-state index in [9.17, 15) is 0 Å². The number of benzene rings is 2. The number of rotatable bonds is 5. The Morgan fingerprint density at radius 3 is 2.57 bits per heavy atom. The molecule has 0 aliphatic heterocycles.